The molecular weight excluding hydrogens is 206 g/mol. The molecule has 1 aromatic carbocycles. The van der Waals surface area contributed by atoms with E-state index in [1.165, 1.54) is 0 Å². The highest BCUT2D eigenvalue weighted by molar-refractivity contribution is 5.46. The minimum absolute atomic E-state index is 0.0171. The van der Waals surface area contributed by atoms with Crippen LogP contribution in [-0.2, 0) is 9.47 Å². The van der Waals surface area contributed by atoms with Crippen molar-refractivity contribution in [2.45, 2.75) is 12.4 Å². The van der Waals surface area contributed by atoms with Crippen molar-refractivity contribution in [3.63, 3.8) is 0 Å². The fourth-order valence-electron chi connectivity index (χ4n) is 1.88. The highest BCUT2D eigenvalue weighted by atomic mass is 16.7. The molecule has 0 amide bonds. The van der Waals surface area contributed by atoms with Crippen LogP contribution in [0.5, 0.6) is 0 Å². The van der Waals surface area contributed by atoms with Gasteiger partial charge in [0.25, 0.3) is 0 Å². The average molecular weight is 223 g/mol. The van der Waals surface area contributed by atoms with Gasteiger partial charge >= 0.3 is 0 Å². The molecule has 0 radical (unpaired) electrons. The van der Waals surface area contributed by atoms with Crippen LogP contribution in [0.1, 0.15) is 0 Å². The van der Waals surface area contributed by atoms with E-state index >= 15 is 0 Å². The number of nitrogens with zero attached hydrogens (tertiary/aromatic N) is 1. The molecule has 88 valence electrons. The molecule has 4 heteroatoms. The molecule has 0 spiro atoms. The lowest BCUT2D eigenvalue weighted by atomic mass is 10.2. The van der Waals surface area contributed by atoms with Gasteiger partial charge in [0.15, 0.2) is 6.29 Å². The van der Waals surface area contributed by atoms with Crippen LogP contribution in [0.3, 0.4) is 0 Å². The third-order valence-electron chi connectivity index (χ3n) is 2.73. The van der Waals surface area contributed by atoms with Crippen molar-refractivity contribution in [2.75, 3.05) is 31.7 Å². The number of hydrogen-bond donors (Lipinski definition) is 1. The number of aliphatic hydroxyl groups is 1. The Morgan fingerprint density at radius 3 is 2.75 bits per heavy atom. The number of hydrogen-bond acceptors (Lipinski definition) is 4. The molecule has 0 bridgehead atoms. The number of aliphatic hydroxyl groups excluding tert-OH is 1. The van der Waals surface area contributed by atoms with Crippen LogP contribution in [0.25, 0.3) is 0 Å². The summed E-state index contributed by atoms with van der Waals surface area (Å²) in [6.07, 6.45) is -0.454. The summed E-state index contributed by atoms with van der Waals surface area (Å²) >= 11 is 0. The summed E-state index contributed by atoms with van der Waals surface area (Å²) in [6.45, 7) is 1.40. The van der Waals surface area contributed by atoms with Crippen LogP contribution in [0.15, 0.2) is 30.3 Å². The fraction of sp³-hybridized carbons (Fsp3) is 0.500. The van der Waals surface area contributed by atoms with Crippen molar-refractivity contribution in [1.29, 1.82) is 0 Å². The Bertz CT molecular complexity index is 305. The zero-order chi connectivity index (χ0) is 11.4. The van der Waals surface area contributed by atoms with Crippen molar-refractivity contribution < 1.29 is 14.6 Å². The molecule has 1 heterocycles. The Morgan fingerprint density at radius 2 is 2.12 bits per heavy atom. The first-order valence-electron chi connectivity index (χ1n) is 5.42. The molecule has 1 aliphatic rings. The van der Waals surface area contributed by atoms with Gasteiger partial charge in [-0.2, -0.15) is 0 Å². The summed E-state index contributed by atoms with van der Waals surface area (Å²) in [5, 5.41) is 9.16. The first kappa shape index (κ1) is 11.4. The normalized spacial score (nSPS) is 25.8. The fourth-order valence-corrected chi connectivity index (χ4v) is 1.88. The first-order chi connectivity index (χ1) is 7.83. The van der Waals surface area contributed by atoms with E-state index in [0.717, 1.165) is 5.69 Å². The number of methoxy groups -OCH3 is 1. The van der Waals surface area contributed by atoms with Crippen molar-refractivity contribution in [3.05, 3.63) is 30.3 Å². The van der Waals surface area contributed by atoms with E-state index in [4.69, 9.17) is 14.6 Å². The minimum Gasteiger partial charge on any atom is -0.394 e. The largest absolute Gasteiger partial charge is 0.394 e. The molecule has 0 unspecified atom stereocenters. The summed E-state index contributed by atoms with van der Waals surface area (Å²) in [5.41, 5.74) is 1.13. The highest BCUT2D eigenvalue weighted by Crippen LogP contribution is 2.19. The quantitative estimate of drug-likeness (QED) is 0.825. The Balaban J connectivity index is 2.09. The predicted molar refractivity (Wildman–Crippen MR) is 61.4 cm³/mol. The third kappa shape index (κ3) is 2.52. The summed E-state index contributed by atoms with van der Waals surface area (Å²) in [4.78, 5) is 2.17. The zero-order valence-corrected chi connectivity index (χ0v) is 9.37. The Labute approximate surface area is 95.4 Å². The van der Waals surface area contributed by atoms with Crippen molar-refractivity contribution in [3.8, 4) is 0 Å². The Kier molecular flexibility index (Phi) is 3.77. The molecule has 16 heavy (non-hydrogen) atoms. The molecule has 0 aromatic heterocycles. The lowest BCUT2D eigenvalue weighted by molar-refractivity contribution is -0.170. The van der Waals surface area contributed by atoms with Crippen LogP contribution in [0, 0.1) is 0 Å². The summed E-state index contributed by atoms with van der Waals surface area (Å²) in [7, 11) is 1.62. The molecule has 0 aliphatic carbocycles. The van der Waals surface area contributed by atoms with Gasteiger partial charge in [0.05, 0.1) is 13.2 Å². The van der Waals surface area contributed by atoms with Crippen molar-refractivity contribution >= 4 is 5.69 Å². The van der Waals surface area contributed by atoms with Gasteiger partial charge in [-0.25, -0.2) is 0 Å². The second kappa shape index (κ2) is 5.30. The zero-order valence-electron chi connectivity index (χ0n) is 9.37. The number of para-hydroxylation sites is 1. The van der Waals surface area contributed by atoms with Gasteiger partial charge in [0.2, 0.25) is 0 Å². The van der Waals surface area contributed by atoms with Crippen LogP contribution in [-0.4, -0.2) is 44.3 Å². The van der Waals surface area contributed by atoms with Crippen molar-refractivity contribution in [1.82, 2.24) is 0 Å². The topological polar surface area (TPSA) is 41.9 Å². The van der Waals surface area contributed by atoms with Crippen LogP contribution in [0.2, 0.25) is 0 Å². The standard InChI is InChI=1S/C12H17NO3/c1-15-12-8-13(7-11(9-14)16-12)10-5-3-2-4-6-10/h2-6,11-12,14H,7-9H2,1H3/t11-,12-/m0/s1. The smallest absolute Gasteiger partial charge is 0.175 e. The van der Waals surface area contributed by atoms with Gasteiger partial charge in [-0.3, -0.25) is 0 Å². The second-order valence-electron chi connectivity index (χ2n) is 3.85. The molecule has 4 nitrogen and oxygen atoms in total. The maximum atomic E-state index is 9.16. The predicted octanol–water partition coefficient (Wildman–Crippen LogP) is 0.857. The first-order valence-corrected chi connectivity index (χ1v) is 5.42. The average Bonchev–Trinajstić information content (AvgIpc) is 2.39. The van der Waals surface area contributed by atoms with E-state index in [1.807, 2.05) is 30.3 Å². The SMILES string of the molecule is CO[C@@H]1CN(c2ccccc2)C[C@@H](CO)O1. The van der Waals surface area contributed by atoms with E-state index in [-0.39, 0.29) is 19.0 Å². The molecule has 1 aromatic rings. The van der Waals surface area contributed by atoms with Gasteiger partial charge in [0.1, 0.15) is 6.10 Å². The van der Waals surface area contributed by atoms with E-state index in [9.17, 15) is 0 Å². The van der Waals surface area contributed by atoms with Crippen LogP contribution in [0.4, 0.5) is 5.69 Å². The maximum Gasteiger partial charge on any atom is 0.175 e. The molecule has 2 rings (SSSR count). The summed E-state index contributed by atoms with van der Waals surface area (Å²) in [6, 6.07) is 10.1. The number of ether oxygens (including phenoxy) is 2. The molecule has 0 saturated carbocycles. The lowest BCUT2D eigenvalue weighted by Gasteiger charge is -2.37. The number of benzene rings is 1. The van der Waals surface area contributed by atoms with E-state index in [2.05, 4.69) is 4.90 Å². The minimum atomic E-state index is -0.272. The molecule has 2 atom stereocenters. The maximum absolute atomic E-state index is 9.16. The number of morpholine rings is 1. The van der Waals surface area contributed by atoms with Gasteiger partial charge < -0.3 is 19.5 Å². The van der Waals surface area contributed by atoms with E-state index in [0.29, 0.717) is 13.1 Å². The molecule has 1 N–H and O–H groups in total. The van der Waals surface area contributed by atoms with Crippen LogP contribution >= 0.6 is 0 Å². The molecular formula is C12H17NO3. The van der Waals surface area contributed by atoms with Crippen LogP contribution < -0.4 is 4.90 Å². The van der Waals surface area contributed by atoms with Gasteiger partial charge in [0, 0.05) is 19.3 Å². The monoisotopic (exact) mass is 223 g/mol. The Morgan fingerprint density at radius 1 is 1.38 bits per heavy atom. The Hall–Kier alpha value is -1.10. The van der Waals surface area contributed by atoms with Gasteiger partial charge in [-0.05, 0) is 12.1 Å². The highest BCUT2D eigenvalue weighted by Gasteiger charge is 2.27. The number of rotatable bonds is 3. The second-order valence-corrected chi connectivity index (χ2v) is 3.85. The van der Waals surface area contributed by atoms with E-state index < -0.39 is 0 Å². The van der Waals surface area contributed by atoms with Gasteiger partial charge in [-0.15, -0.1) is 0 Å². The van der Waals surface area contributed by atoms with Crippen molar-refractivity contribution in [2.24, 2.45) is 0 Å². The molecule has 1 fully saturated rings. The molecule has 1 aliphatic heterocycles. The summed E-state index contributed by atoms with van der Waals surface area (Å²) in [5.74, 6) is 0. The number of anilines is 1. The van der Waals surface area contributed by atoms with Gasteiger partial charge in [-0.1, -0.05) is 18.2 Å². The lowest BCUT2D eigenvalue weighted by Crippen LogP contribution is -2.49. The summed E-state index contributed by atoms with van der Waals surface area (Å²) < 4.78 is 10.7. The third-order valence-corrected chi connectivity index (χ3v) is 2.73. The molecule has 1 saturated heterocycles. The van der Waals surface area contributed by atoms with E-state index in [1.54, 1.807) is 7.11 Å².